The number of methoxy groups -OCH3 is 2. The number of nitrogens with zero attached hydrogens (tertiary/aromatic N) is 1. The second-order valence-electron chi connectivity index (χ2n) is 10.7. The number of halogens is 5. The third-order valence-electron chi connectivity index (χ3n) is 7.60. The number of amides is 1. The fraction of sp³-hybridized carbons (Fsp3) is 0.531. The standard InChI is InChI=1S/C32H41F5N2O3S/c1-22-29-25(27(42-4)17-16-26(29)38-30(22)23-12-14-24(41-3)15-13-23)10-6-5-7-11-28(40)39(2)19-9-21-43-20-8-18-31(33,34)32(35,36)37/h12-17,38H,5-11,18-21H2,1-4H3. The molecule has 11 heteroatoms. The molecule has 0 saturated carbocycles. The molecule has 5 nitrogen and oxygen atoms in total. The number of unbranched alkanes of at least 4 members (excludes halogenated alkanes) is 2. The summed E-state index contributed by atoms with van der Waals surface area (Å²) in [5.74, 6) is -2.12. The molecule has 0 aliphatic rings. The van der Waals surface area contributed by atoms with Crippen LogP contribution in [-0.4, -0.2) is 67.2 Å². The maximum absolute atomic E-state index is 12.9. The molecule has 0 aliphatic carbocycles. The number of carbonyl (C=O) groups is 1. The van der Waals surface area contributed by atoms with Crippen LogP contribution in [0.5, 0.6) is 11.5 Å². The molecule has 1 N–H and O–H groups in total. The fourth-order valence-electron chi connectivity index (χ4n) is 5.11. The molecule has 0 fully saturated rings. The predicted molar refractivity (Wildman–Crippen MR) is 164 cm³/mol. The van der Waals surface area contributed by atoms with E-state index in [9.17, 15) is 26.7 Å². The zero-order valence-corrected chi connectivity index (χ0v) is 26.0. The van der Waals surface area contributed by atoms with Crippen LogP contribution >= 0.6 is 11.8 Å². The molecule has 3 rings (SSSR count). The van der Waals surface area contributed by atoms with Crippen LogP contribution in [0.2, 0.25) is 0 Å². The highest BCUT2D eigenvalue weighted by Gasteiger charge is 2.56. The van der Waals surface area contributed by atoms with Crippen LogP contribution in [0.4, 0.5) is 22.0 Å². The van der Waals surface area contributed by atoms with Gasteiger partial charge in [0.2, 0.25) is 5.91 Å². The summed E-state index contributed by atoms with van der Waals surface area (Å²) in [7, 11) is 5.06. The second kappa shape index (κ2) is 15.7. The van der Waals surface area contributed by atoms with Gasteiger partial charge in [-0.05, 0) is 98.1 Å². The molecule has 0 atom stereocenters. The zero-order chi connectivity index (χ0) is 31.6. The lowest BCUT2D eigenvalue weighted by Crippen LogP contribution is -2.36. The van der Waals surface area contributed by atoms with E-state index in [0.29, 0.717) is 25.1 Å². The molecule has 238 valence electrons. The second-order valence-corrected chi connectivity index (χ2v) is 11.9. The monoisotopic (exact) mass is 628 g/mol. The average molecular weight is 629 g/mol. The van der Waals surface area contributed by atoms with Crippen LogP contribution in [-0.2, 0) is 11.2 Å². The lowest BCUT2D eigenvalue weighted by Gasteiger charge is -2.19. The Bertz CT molecular complexity index is 1330. The van der Waals surface area contributed by atoms with Gasteiger partial charge in [0, 0.05) is 48.6 Å². The maximum Gasteiger partial charge on any atom is 0.453 e. The first kappa shape index (κ1) is 34.5. The fourth-order valence-corrected chi connectivity index (χ4v) is 6.00. The molecule has 0 aliphatic heterocycles. The highest BCUT2D eigenvalue weighted by molar-refractivity contribution is 7.99. The quantitative estimate of drug-likeness (QED) is 0.120. The first-order valence-electron chi connectivity index (χ1n) is 14.5. The number of H-pyrrole nitrogens is 1. The van der Waals surface area contributed by atoms with E-state index in [1.165, 1.54) is 11.8 Å². The van der Waals surface area contributed by atoms with Gasteiger partial charge in [-0.1, -0.05) is 6.42 Å². The van der Waals surface area contributed by atoms with Crippen molar-refractivity contribution in [2.75, 3.05) is 39.3 Å². The van der Waals surface area contributed by atoms with Gasteiger partial charge in [0.1, 0.15) is 11.5 Å². The number of benzene rings is 2. The number of hydrogen-bond donors (Lipinski definition) is 1. The van der Waals surface area contributed by atoms with Crippen LogP contribution in [0.3, 0.4) is 0 Å². The van der Waals surface area contributed by atoms with Crippen LogP contribution < -0.4 is 9.47 Å². The van der Waals surface area contributed by atoms with Crippen molar-refractivity contribution in [3.05, 3.63) is 47.5 Å². The first-order chi connectivity index (χ1) is 20.4. The van der Waals surface area contributed by atoms with Gasteiger partial charge in [-0.2, -0.15) is 33.7 Å². The largest absolute Gasteiger partial charge is 0.497 e. The van der Waals surface area contributed by atoms with Gasteiger partial charge in [0.15, 0.2) is 0 Å². The molecule has 1 aromatic heterocycles. The van der Waals surface area contributed by atoms with Crippen molar-refractivity contribution >= 4 is 28.6 Å². The number of hydrogen-bond acceptors (Lipinski definition) is 4. The Morgan fingerprint density at radius 1 is 0.907 bits per heavy atom. The molecule has 2 aromatic carbocycles. The van der Waals surface area contributed by atoms with Crippen LogP contribution in [0.1, 0.15) is 56.1 Å². The van der Waals surface area contributed by atoms with Crippen molar-refractivity contribution < 1.29 is 36.2 Å². The van der Waals surface area contributed by atoms with E-state index in [-0.39, 0.29) is 18.1 Å². The van der Waals surface area contributed by atoms with Gasteiger partial charge in [0.25, 0.3) is 0 Å². The molecular weight excluding hydrogens is 587 g/mol. The van der Waals surface area contributed by atoms with Gasteiger partial charge in [-0.15, -0.1) is 0 Å². The number of ether oxygens (including phenoxy) is 2. The number of alkyl halides is 5. The van der Waals surface area contributed by atoms with Crippen molar-refractivity contribution in [1.82, 2.24) is 9.88 Å². The normalized spacial score (nSPS) is 12.1. The predicted octanol–water partition coefficient (Wildman–Crippen LogP) is 8.82. The minimum Gasteiger partial charge on any atom is -0.497 e. The number of nitrogens with one attached hydrogen (secondary N) is 1. The van der Waals surface area contributed by atoms with Gasteiger partial charge in [-0.3, -0.25) is 4.79 Å². The maximum atomic E-state index is 12.9. The van der Waals surface area contributed by atoms with E-state index in [0.717, 1.165) is 70.5 Å². The lowest BCUT2D eigenvalue weighted by atomic mass is 9.97. The van der Waals surface area contributed by atoms with E-state index in [4.69, 9.17) is 9.47 Å². The molecule has 0 bridgehead atoms. The van der Waals surface area contributed by atoms with Crippen molar-refractivity contribution in [3.8, 4) is 22.8 Å². The zero-order valence-electron chi connectivity index (χ0n) is 25.2. The van der Waals surface area contributed by atoms with Crippen molar-refractivity contribution in [1.29, 1.82) is 0 Å². The molecule has 1 heterocycles. The first-order valence-corrected chi connectivity index (χ1v) is 15.6. The topological polar surface area (TPSA) is 54.6 Å². The third kappa shape index (κ3) is 9.27. The van der Waals surface area contributed by atoms with Crippen LogP contribution in [0.25, 0.3) is 22.2 Å². The number of aromatic amines is 1. The van der Waals surface area contributed by atoms with Crippen molar-refractivity contribution in [2.24, 2.45) is 0 Å². The van der Waals surface area contributed by atoms with E-state index in [1.807, 2.05) is 36.4 Å². The van der Waals surface area contributed by atoms with Crippen molar-refractivity contribution in [2.45, 2.75) is 70.4 Å². The van der Waals surface area contributed by atoms with Gasteiger partial charge < -0.3 is 19.4 Å². The summed E-state index contributed by atoms with van der Waals surface area (Å²) in [5, 5.41) is 1.16. The summed E-state index contributed by atoms with van der Waals surface area (Å²) in [6, 6.07) is 12.0. The Hall–Kier alpha value is -2.95. The van der Waals surface area contributed by atoms with Crippen molar-refractivity contribution in [3.63, 3.8) is 0 Å². The Labute approximate surface area is 254 Å². The lowest BCUT2D eigenvalue weighted by molar-refractivity contribution is -0.284. The van der Waals surface area contributed by atoms with E-state index in [2.05, 4.69) is 11.9 Å². The summed E-state index contributed by atoms with van der Waals surface area (Å²) in [6.07, 6.45) is -2.45. The van der Waals surface area contributed by atoms with Crippen LogP contribution in [0, 0.1) is 6.92 Å². The highest BCUT2D eigenvalue weighted by Crippen LogP contribution is 2.39. The summed E-state index contributed by atoms with van der Waals surface area (Å²) >= 11 is 1.33. The number of rotatable bonds is 17. The smallest absolute Gasteiger partial charge is 0.453 e. The Balaban J connectivity index is 1.42. The van der Waals surface area contributed by atoms with E-state index >= 15 is 0 Å². The molecule has 0 spiro atoms. The molecular formula is C32H41F5N2O3S. The molecule has 0 saturated heterocycles. The number of aromatic nitrogens is 1. The summed E-state index contributed by atoms with van der Waals surface area (Å²) in [4.78, 5) is 17.8. The van der Waals surface area contributed by atoms with E-state index in [1.54, 1.807) is 26.2 Å². The number of fused-ring (bicyclic) bond motifs is 1. The van der Waals surface area contributed by atoms with Gasteiger partial charge in [-0.25, -0.2) is 0 Å². The Kier molecular flexibility index (Phi) is 12.6. The summed E-state index contributed by atoms with van der Waals surface area (Å²) in [5.41, 5.74) is 5.49. The molecule has 0 unspecified atom stereocenters. The molecule has 3 aromatic rings. The summed E-state index contributed by atoms with van der Waals surface area (Å²) < 4.78 is 73.5. The highest BCUT2D eigenvalue weighted by atomic mass is 32.2. The Morgan fingerprint density at radius 2 is 1.60 bits per heavy atom. The van der Waals surface area contributed by atoms with Crippen LogP contribution in [0.15, 0.2) is 36.4 Å². The minimum absolute atomic E-state index is 0.0418. The molecule has 43 heavy (non-hydrogen) atoms. The SMILES string of the molecule is COc1ccc(-c2[nH]c3ccc(OC)c(CCCCCC(=O)N(C)CCCSCCCC(F)(F)C(F)(F)F)c3c2C)cc1. The van der Waals surface area contributed by atoms with E-state index < -0.39 is 18.5 Å². The number of carbonyl (C=O) groups excluding carboxylic acids is 1. The van der Waals surface area contributed by atoms with Gasteiger partial charge in [0.05, 0.1) is 14.2 Å². The average Bonchev–Trinajstić information content (AvgIpc) is 3.31. The number of thioether (sulfide) groups is 1. The third-order valence-corrected chi connectivity index (χ3v) is 8.75. The van der Waals surface area contributed by atoms with Gasteiger partial charge >= 0.3 is 12.1 Å². The minimum atomic E-state index is -5.49. The summed E-state index contributed by atoms with van der Waals surface area (Å²) in [6.45, 7) is 2.63. The number of aryl methyl sites for hydroxylation is 2. The molecule has 0 radical (unpaired) electrons. The Morgan fingerprint density at radius 3 is 2.26 bits per heavy atom. The molecule has 1 amide bonds.